The van der Waals surface area contributed by atoms with Crippen molar-refractivity contribution in [2.45, 2.75) is 44.2 Å². The number of piperidine rings is 1. The lowest BCUT2D eigenvalue weighted by Gasteiger charge is -2.31. The third kappa shape index (κ3) is 3.35. The average Bonchev–Trinajstić information content (AvgIpc) is 3.10. The largest absolute Gasteiger partial charge is 0.353 e. The molecule has 1 heterocycles. The van der Waals surface area contributed by atoms with Gasteiger partial charge in [-0.25, -0.2) is 5.84 Å². The molecule has 92 valence electrons. The van der Waals surface area contributed by atoms with E-state index >= 15 is 0 Å². The molecular formula is C11H23N5. The van der Waals surface area contributed by atoms with E-state index < -0.39 is 0 Å². The number of nitrogens with one attached hydrogen (secondary N) is 2. The second-order valence-electron chi connectivity index (χ2n) is 4.88. The zero-order chi connectivity index (χ0) is 11.4. The van der Waals surface area contributed by atoms with E-state index in [0.717, 1.165) is 12.5 Å². The van der Waals surface area contributed by atoms with Crippen LogP contribution in [0.25, 0.3) is 0 Å². The van der Waals surface area contributed by atoms with Crippen molar-refractivity contribution in [3.63, 3.8) is 0 Å². The van der Waals surface area contributed by atoms with Crippen LogP contribution in [0.2, 0.25) is 0 Å². The molecule has 1 saturated carbocycles. The summed E-state index contributed by atoms with van der Waals surface area (Å²) < 4.78 is 0. The van der Waals surface area contributed by atoms with Crippen LogP contribution in [-0.4, -0.2) is 43.1 Å². The van der Waals surface area contributed by atoms with Gasteiger partial charge in [0.25, 0.3) is 0 Å². The number of hydrogen-bond donors (Lipinski definition) is 3. The molecule has 2 fully saturated rings. The molecule has 0 aromatic carbocycles. The van der Waals surface area contributed by atoms with Crippen LogP contribution in [0.15, 0.2) is 4.99 Å². The number of hydrogen-bond acceptors (Lipinski definition) is 3. The van der Waals surface area contributed by atoms with Crippen LogP contribution in [0.1, 0.15) is 32.1 Å². The van der Waals surface area contributed by atoms with Gasteiger partial charge >= 0.3 is 0 Å². The summed E-state index contributed by atoms with van der Waals surface area (Å²) in [7, 11) is 2.18. The van der Waals surface area contributed by atoms with E-state index in [1.807, 2.05) is 0 Å². The van der Waals surface area contributed by atoms with Gasteiger partial charge in [0.05, 0.1) is 6.54 Å². The second-order valence-corrected chi connectivity index (χ2v) is 4.88. The molecule has 1 saturated heterocycles. The Balaban J connectivity index is 1.79. The summed E-state index contributed by atoms with van der Waals surface area (Å²) >= 11 is 0. The summed E-state index contributed by atoms with van der Waals surface area (Å²) in [5.74, 6) is 6.19. The molecule has 5 nitrogen and oxygen atoms in total. The first-order valence-electron chi connectivity index (χ1n) is 6.27. The number of aliphatic imine (C=N–C) groups is 1. The van der Waals surface area contributed by atoms with Crippen LogP contribution in [0, 0.1) is 0 Å². The summed E-state index contributed by atoms with van der Waals surface area (Å²) in [6.07, 6.45) is 6.38. The highest BCUT2D eigenvalue weighted by Crippen LogP contribution is 2.18. The third-order valence-electron chi connectivity index (χ3n) is 3.44. The SMILES string of the molecule is CN1CCCCC1CN=C(NN)NC1CC1. The summed E-state index contributed by atoms with van der Waals surface area (Å²) in [5.41, 5.74) is 2.65. The molecule has 0 bridgehead atoms. The number of nitrogens with two attached hydrogens (primary N) is 1. The number of guanidine groups is 1. The van der Waals surface area contributed by atoms with Crippen molar-refractivity contribution in [2.24, 2.45) is 10.8 Å². The van der Waals surface area contributed by atoms with E-state index in [-0.39, 0.29) is 0 Å². The predicted octanol–water partition coefficient (Wildman–Crippen LogP) is 0.0420. The maximum absolute atomic E-state index is 5.44. The Hall–Kier alpha value is -0.810. The van der Waals surface area contributed by atoms with Crippen molar-refractivity contribution in [1.29, 1.82) is 0 Å². The molecule has 1 aliphatic heterocycles. The first-order valence-corrected chi connectivity index (χ1v) is 6.27. The number of nitrogens with zero attached hydrogens (tertiary/aromatic N) is 2. The monoisotopic (exact) mass is 225 g/mol. The molecule has 1 aliphatic carbocycles. The molecule has 0 radical (unpaired) electrons. The molecule has 1 unspecified atom stereocenters. The van der Waals surface area contributed by atoms with Gasteiger partial charge in [0, 0.05) is 12.1 Å². The highest BCUT2D eigenvalue weighted by molar-refractivity contribution is 5.79. The van der Waals surface area contributed by atoms with Gasteiger partial charge in [0.1, 0.15) is 0 Å². The molecular weight excluding hydrogens is 202 g/mol. The van der Waals surface area contributed by atoms with Gasteiger partial charge in [-0.3, -0.25) is 10.4 Å². The van der Waals surface area contributed by atoms with E-state index in [2.05, 4.69) is 27.7 Å². The third-order valence-corrected chi connectivity index (χ3v) is 3.44. The van der Waals surface area contributed by atoms with E-state index in [1.54, 1.807) is 0 Å². The maximum atomic E-state index is 5.44. The lowest BCUT2D eigenvalue weighted by molar-refractivity contribution is 0.191. The van der Waals surface area contributed by atoms with Crippen LogP contribution in [-0.2, 0) is 0 Å². The molecule has 0 amide bonds. The van der Waals surface area contributed by atoms with Crippen molar-refractivity contribution in [3.8, 4) is 0 Å². The zero-order valence-electron chi connectivity index (χ0n) is 10.1. The smallest absolute Gasteiger partial charge is 0.206 e. The van der Waals surface area contributed by atoms with Gasteiger partial charge in [0.15, 0.2) is 0 Å². The summed E-state index contributed by atoms with van der Waals surface area (Å²) in [5, 5.41) is 3.29. The highest BCUT2D eigenvalue weighted by Gasteiger charge is 2.23. The fourth-order valence-corrected chi connectivity index (χ4v) is 2.13. The number of likely N-dealkylation sites (tertiary alicyclic amines) is 1. The van der Waals surface area contributed by atoms with Gasteiger partial charge in [-0.1, -0.05) is 6.42 Å². The standard InChI is InChI=1S/C11H23N5/c1-16-7-3-2-4-10(16)8-13-11(15-12)14-9-5-6-9/h9-10H,2-8,12H2,1H3,(H2,13,14,15). The van der Waals surface area contributed by atoms with Gasteiger partial charge in [-0.05, 0) is 39.3 Å². The minimum Gasteiger partial charge on any atom is -0.353 e. The Morgan fingerprint density at radius 2 is 2.19 bits per heavy atom. The van der Waals surface area contributed by atoms with Gasteiger partial charge in [0.2, 0.25) is 5.96 Å². The van der Waals surface area contributed by atoms with Crippen molar-refractivity contribution in [1.82, 2.24) is 15.6 Å². The minimum atomic E-state index is 0.582. The highest BCUT2D eigenvalue weighted by atomic mass is 15.3. The quantitative estimate of drug-likeness (QED) is 0.275. The summed E-state index contributed by atoms with van der Waals surface area (Å²) in [6.45, 7) is 2.04. The molecule has 2 aliphatic rings. The number of hydrazine groups is 1. The molecule has 0 aromatic heterocycles. The topological polar surface area (TPSA) is 65.7 Å². The Bertz CT molecular complexity index is 249. The molecule has 16 heavy (non-hydrogen) atoms. The van der Waals surface area contributed by atoms with Crippen LogP contribution in [0.5, 0.6) is 0 Å². The van der Waals surface area contributed by atoms with Crippen LogP contribution < -0.4 is 16.6 Å². The van der Waals surface area contributed by atoms with Crippen molar-refractivity contribution in [3.05, 3.63) is 0 Å². The van der Waals surface area contributed by atoms with E-state index in [4.69, 9.17) is 5.84 Å². The van der Waals surface area contributed by atoms with Gasteiger partial charge in [-0.15, -0.1) is 0 Å². The second kappa shape index (κ2) is 5.50. The van der Waals surface area contributed by atoms with Crippen molar-refractivity contribution < 1.29 is 0 Å². The fourth-order valence-electron chi connectivity index (χ4n) is 2.13. The van der Waals surface area contributed by atoms with Gasteiger partial charge < -0.3 is 10.2 Å². The molecule has 4 N–H and O–H groups in total. The maximum Gasteiger partial charge on any atom is 0.206 e. The van der Waals surface area contributed by atoms with Crippen LogP contribution in [0.3, 0.4) is 0 Å². The molecule has 5 heteroatoms. The Labute approximate surface area is 97.4 Å². The number of likely N-dealkylation sites (N-methyl/N-ethyl adjacent to an activating group) is 1. The molecule has 0 spiro atoms. The average molecular weight is 225 g/mol. The first kappa shape index (κ1) is 11.7. The van der Waals surface area contributed by atoms with E-state index in [1.165, 1.54) is 38.6 Å². The van der Waals surface area contributed by atoms with E-state index in [9.17, 15) is 0 Å². The Morgan fingerprint density at radius 3 is 2.81 bits per heavy atom. The molecule has 1 atom stereocenters. The lowest BCUT2D eigenvalue weighted by Crippen LogP contribution is -2.44. The normalized spacial score (nSPS) is 27.9. The van der Waals surface area contributed by atoms with Crippen molar-refractivity contribution in [2.75, 3.05) is 20.1 Å². The Morgan fingerprint density at radius 1 is 1.38 bits per heavy atom. The van der Waals surface area contributed by atoms with Gasteiger partial charge in [-0.2, -0.15) is 0 Å². The lowest BCUT2D eigenvalue weighted by atomic mass is 10.0. The number of rotatable bonds is 3. The summed E-state index contributed by atoms with van der Waals surface area (Å²) in [6, 6.07) is 1.18. The van der Waals surface area contributed by atoms with Crippen molar-refractivity contribution >= 4 is 5.96 Å². The van der Waals surface area contributed by atoms with E-state index in [0.29, 0.717) is 12.1 Å². The van der Waals surface area contributed by atoms with Crippen LogP contribution in [0.4, 0.5) is 0 Å². The minimum absolute atomic E-state index is 0.582. The zero-order valence-corrected chi connectivity index (χ0v) is 10.1. The van der Waals surface area contributed by atoms with Crippen LogP contribution >= 0.6 is 0 Å². The molecule has 0 aromatic rings. The first-order chi connectivity index (χ1) is 7.79. The Kier molecular flexibility index (Phi) is 4.01. The molecule has 2 rings (SSSR count). The fraction of sp³-hybridized carbons (Fsp3) is 0.909. The summed E-state index contributed by atoms with van der Waals surface area (Å²) in [4.78, 5) is 6.93. The predicted molar refractivity (Wildman–Crippen MR) is 66.1 cm³/mol.